The molecule has 39 heavy (non-hydrogen) atoms. The molecule has 0 saturated heterocycles. The van der Waals surface area contributed by atoms with Gasteiger partial charge in [0.1, 0.15) is 11.6 Å². The molecule has 11 heteroatoms. The zero-order chi connectivity index (χ0) is 27.5. The monoisotopic (exact) mass is 558 g/mol. The topological polar surface area (TPSA) is 114 Å². The van der Waals surface area contributed by atoms with E-state index in [2.05, 4.69) is 20.0 Å². The van der Waals surface area contributed by atoms with Crippen molar-refractivity contribution in [2.24, 2.45) is 0 Å². The van der Waals surface area contributed by atoms with Gasteiger partial charge in [-0.25, -0.2) is 14.3 Å². The minimum absolute atomic E-state index is 0.129. The van der Waals surface area contributed by atoms with Gasteiger partial charge in [-0.1, -0.05) is 48.0 Å². The molecule has 0 radical (unpaired) electrons. The Balaban J connectivity index is 1.59. The lowest BCUT2D eigenvalue weighted by molar-refractivity contribution is 0.706. The molecule has 0 bridgehead atoms. The summed E-state index contributed by atoms with van der Waals surface area (Å²) in [5.74, 6) is 1.15. The first-order valence-corrected chi connectivity index (χ1v) is 13.3. The van der Waals surface area contributed by atoms with Crippen LogP contribution in [0.25, 0.3) is 27.7 Å². The van der Waals surface area contributed by atoms with Crippen LogP contribution in [0, 0.1) is 0 Å². The number of nitrogens with two attached hydrogens (primary N) is 1. The standard InChI is InChI=1S/C28H27ClN8OS/c1-17(26-33-23-14-8-13-22(29)24(23)27(38)37(26)20-11-5-4-6-12-20)32-25-21(16-31-28(30)34-25)18-9-7-10-19(15-18)35-39-36(2)3/h4-17,35H,1-3H3,(H3,30,31,32,34). The van der Waals surface area contributed by atoms with Gasteiger partial charge in [0.2, 0.25) is 5.95 Å². The summed E-state index contributed by atoms with van der Waals surface area (Å²) < 4.78 is 6.85. The maximum atomic E-state index is 13.8. The third-order valence-electron chi connectivity index (χ3n) is 5.95. The van der Waals surface area contributed by atoms with Gasteiger partial charge in [0.05, 0.1) is 27.7 Å². The van der Waals surface area contributed by atoms with E-state index in [1.807, 2.05) is 79.9 Å². The Bertz CT molecular complexity index is 1690. The summed E-state index contributed by atoms with van der Waals surface area (Å²) >= 11 is 7.90. The van der Waals surface area contributed by atoms with Crippen molar-refractivity contribution in [2.45, 2.75) is 13.0 Å². The highest BCUT2D eigenvalue weighted by Crippen LogP contribution is 2.32. The van der Waals surface area contributed by atoms with Crippen molar-refractivity contribution >= 4 is 52.1 Å². The predicted octanol–water partition coefficient (Wildman–Crippen LogP) is 5.79. The first kappa shape index (κ1) is 26.5. The normalized spacial score (nSPS) is 12.0. The average molecular weight is 559 g/mol. The summed E-state index contributed by atoms with van der Waals surface area (Å²) in [5.41, 5.74) is 9.52. The molecule has 5 aromatic rings. The van der Waals surface area contributed by atoms with Crippen LogP contribution in [0.1, 0.15) is 18.8 Å². The van der Waals surface area contributed by atoms with Crippen molar-refractivity contribution in [1.29, 1.82) is 0 Å². The Hall–Kier alpha value is -4.12. The summed E-state index contributed by atoms with van der Waals surface area (Å²) in [4.78, 5) is 27.4. The minimum atomic E-state index is -0.444. The molecule has 1 unspecified atom stereocenters. The highest BCUT2D eigenvalue weighted by Gasteiger charge is 2.21. The van der Waals surface area contributed by atoms with Gasteiger partial charge in [-0.3, -0.25) is 9.36 Å². The number of anilines is 3. The summed E-state index contributed by atoms with van der Waals surface area (Å²) in [6, 6.07) is 22.1. The van der Waals surface area contributed by atoms with Gasteiger partial charge in [-0.05, 0) is 63.0 Å². The summed E-state index contributed by atoms with van der Waals surface area (Å²) in [6.07, 6.45) is 1.69. The molecule has 0 saturated carbocycles. The molecule has 0 amide bonds. The number of nitrogens with zero attached hydrogens (tertiary/aromatic N) is 5. The number of halogens is 1. The lowest BCUT2D eigenvalue weighted by Crippen LogP contribution is -2.27. The molecule has 2 heterocycles. The van der Waals surface area contributed by atoms with Crippen molar-refractivity contribution in [1.82, 2.24) is 23.8 Å². The van der Waals surface area contributed by atoms with E-state index in [1.54, 1.807) is 29.0 Å². The van der Waals surface area contributed by atoms with Gasteiger partial charge in [-0.2, -0.15) is 4.98 Å². The van der Waals surface area contributed by atoms with Crippen molar-refractivity contribution < 1.29 is 0 Å². The van der Waals surface area contributed by atoms with Gasteiger partial charge >= 0.3 is 0 Å². The quantitative estimate of drug-likeness (QED) is 0.204. The molecule has 0 fully saturated rings. The van der Waals surface area contributed by atoms with Crippen LogP contribution in [0.15, 0.2) is 83.8 Å². The Morgan fingerprint density at radius 3 is 2.56 bits per heavy atom. The van der Waals surface area contributed by atoms with Gasteiger partial charge in [0, 0.05) is 29.6 Å². The number of hydrogen-bond acceptors (Lipinski definition) is 9. The van der Waals surface area contributed by atoms with E-state index in [1.165, 1.54) is 12.1 Å². The largest absolute Gasteiger partial charge is 0.368 e. The molecule has 0 aliphatic rings. The van der Waals surface area contributed by atoms with Gasteiger partial charge < -0.3 is 15.8 Å². The second-order valence-corrected chi connectivity index (χ2v) is 10.5. The number of rotatable bonds is 8. The van der Waals surface area contributed by atoms with E-state index in [-0.39, 0.29) is 11.5 Å². The van der Waals surface area contributed by atoms with Crippen LogP contribution in [0.4, 0.5) is 17.5 Å². The average Bonchev–Trinajstić information content (AvgIpc) is 2.92. The minimum Gasteiger partial charge on any atom is -0.368 e. The zero-order valence-electron chi connectivity index (χ0n) is 21.6. The molecule has 0 spiro atoms. The molecule has 3 aromatic carbocycles. The molecule has 198 valence electrons. The molecule has 4 N–H and O–H groups in total. The maximum absolute atomic E-state index is 13.8. The third kappa shape index (κ3) is 5.68. The smallest absolute Gasteiger partial charge is 0.267 e. The molecule has 9 nitrogen and oxygen atoms in total. The van der Waals surface area contributed by atoms with Gasteiger partial charge in [-0.15, -0.1) is 0 Å². The van der Waals surface area contributed by atoms with Crippen molar-refractivity contribution in [2.75, 3.05) is 29.9 Å². The van der Waals surface area contributed by atoms with E-state index >= 15 is 0 Å². The Morgan fingerprint density at radius 1 is 1.03 bits per heavy atom. The van der Waals surface area contributed by atoms with Crippen LogP contribution in [-0.4, -0.2) is 37.9 Å². The first-order valence-electron chi connectivity index (χ1n) is 12.2. The van der Waals surface area contributed by atoms with E-state index in [9.17, 15) is 4.79 Å². The van der Waals surface area contributed by atoms with Crippen LogP contribution in [0.3, 0.4) is 0 Å². The SMILES string of the molecule is CC(Nc1nc(N)ncc1-c1cccc(NSN(C)C)c1)c1nc2cccc(Cl)c2c(=O)n1-c1ccccc1. The number of para-hydroxylation sites is 1. The second-order valence-electron chi connectivity index (χ2n) is 9.02. The highest BCUT2D eigenvalue weighted by molar-refractivity contribution is 7.98. The van der Waals surface area contributed by atoms with Crippen molar-refractivity contribution in [3.8, 4) is 16.8 Å². The van der Waals surface area contributed by atoms with E-state index in [0.29, 0.717) is 33.3 Å². The molecule has 2 aromatic heterocycles. The van der Waals surface area contributed by atoms with Crippen LogP contribution in [-0.2, 0) is 0 Å². The molecule has 0 aliphatic heterocycles. The summed E-state index contributed by atoms with van der Waals surface area (Å²) in [7, 11) is 3.92. The van der Waals surface area contributed by atoms with Crippen molar-refractivity contribution in [3.05, 3.63) is 100 Å². The first-order chi connectivity index (χ1) is 18.8. The van der Waals surface area contributed by atoms with Crippen LogP contribution < -0.4 is 21.3 Å². The van der Waals surface area contributed by atoms with E-state index in [4.69, 9.17) is 22.3 Å². The van der Waals surface area contributed by atoms with Crippen LogP contribution >= 0.6 is 23.7 Å². The Morgan fingerprint density at radius 2 is 1.79 bits per heavy atom. The number of hydrogen-bond donors (Lipinski definition) is 3. The molecule has 1 atom stereocenters. The number of fused-ring (bicyclic) bond motifs is 1. The van der Waals surface area contributed by atoms with Crippen molar-refractivity contribution in [3.63, 3.8) is 0 Å². The summed E-state index contributed by atoms with van der Waals surface area (Å²) in [5, 5.41) is 4.15. The van der Waals surface area contributed by atoms with Crippen LogP contribution in [0.2, 0.25) is 5.02 Å². The number of aromatic nitrogens is 4. The number of benzene rings is 3. The lowest BCUT2D eigenvalue weighted by atomic mass is 10.1. The molecule has 5 rings (SSSR count). The Kier molecular flexibility index (Phi) is 7.69. The van der Waals surface area contributed by atoms with Gasteiger partial charge in [0.25, 0.3) is 5.56 Å². The second kappa shape index (κ2) is 11.3. The molecular formula is C28H27ClN8OS. The number of nitrogens with one attached hydrogen (secondary N) is 2. The number of nitrogen functional groups attached to an aromatic ring is 1. The fourth-order valence-electron chi connectivity index (χ4n) is 4.20. The predicted molar refractivity (Wildman–Crippen MR) is 161 cm³/mol. The molecule has 0 aliphatic carbocycles. The fraction of sp³-hybridized carbons (Fsp3) is 0.143. The van der Waals surface area contributed by atoms with Gasteiger partial charge in [0.15, 0.2) is 0 Å². The Labute approximate surface area is 235 Å². The van der Waals surface area contributed by atoms with E-state index < -0.39 is 6.04 Å². The fourth-order valence-corrected chi connectivity index (χ4v) is 4.87. The van der Waals surface area contributed by atoms with Crippen LogP contribution in [0.5, 0.6) is 0 Å². The van der Waals surface area contributed by atoms with E-state index in [0.717, 1.165) is 16.8 Å². The third-order valence-corrected chi connectivity index (χ3v) is 6.96. The maximum Gasteiger partial charge on any atom is 0.267 e. The summed E-state index contributed by atoms with van der Waals surface area (Å²) in [6.45, 7) is 1.92. The highest BCUT2D eigenvalue weighted by atomic mass is 35.5. The molecular weight excluding hydrogens is 532 g/mol. The lowest BCUT2D eigenvalue weighted by Gasteiger charge is -2.21. The zero-order valence-corrected chi connectivity index (χ0v) is 23.2.